The van der Waals surface area contributed by atoms with Gasteiger partial charge in [0.15, 0.2) is 0 Å². The molecule has 0 unspecified atom stereocenters. The first-order valence-corrected chi connectivity index (χ1v) is 7.69. The molecule has 0 saturated carbocycles. The Morgan fingerprint density at radius 2 is 1.45 bits per heavy atom. The van der Waals surface area contributed by atoms with Crippen molar-refractivity contribution in [1.82, 2.24) is 0 Å². The zero-order valence-corrected chi connectivity index (χ0v) is 13.8. The van der Waals surface area contributed by atoms with Crippen LogP contribution < -0.4 is 0 Å². The second-order valence-corrected chi connectivity index (χ2v) is 5.98. The number of rotatable bonds is 12. The largest absolute Gasteiger partial charge is 0.478 e. The zero-order valence-electron chi connectivity index (χ0n) is 13.8. The van der Waals surface area contributed by atoms with E-state index < -0.39 is 11.9 Å². The molecule has 0 bridgehead atoms. The maximum Gasteiger partial charge on any atom is 0.331 e. The molecule has 0 fully saturated rings. The second-order valence-electron chi connectivity index (χ2n) is 5.98. The lowest BCUT2D eigenvalue weighted by Crippen LogP contribution is -2.19. The van der Waals surface area contributed by atoms with Gasteiger partial charge in [0.05, 0.1) is 18.8 Å². The van der Waals surface area contributed by atoms with Crippen molar-refractivity contribution in [2.24, 2.45) is 0 Å². The molecule has 6 nitrogen and oxygen atoms in total. The molecule has 0 spiro atoms. The monoisotopic (exact) mass is 316 g/mol. The topological polar surface area (TPSA) is 82.1 Å². The predicted molar refractivity (Wildman–Crippen MR) is 82.2 cm³/mol. The van der Waals surface area contributed by atoms with Gasteiger partial charge in [0.25, 0.3) is 0 Å². The number of hydrogen-bond donors (Lipinski definition) is 1. The second kappa shape index (κ2) is 12.2. The van der Waals surface area contributed by atoms with Gasteiger partial charge in [0.2, 0.25) is 0 Å². The summed E-state index contributed by atoms with van der Waals surface area (Å²) in [7, 11) is 0. The summed E-state index contributed by atoms with van der Waals surface area (Å²) in [6.07, 6.45) is 7.68. The fourth-order valence-corrected chi connectivity index (χ4v) is 1.55. The van der Waals surface area contributed by atoms with E-state index in [-0.39, 0.29) is 5.60 Å². The standard InChI is InChI=1S/C16H28O6/c1-16(2,3)22-21-13-9-7-5-4-6-8-12-20-15(19)11-10-14(17)18/h10-11H,4-9,12-13H2,1-3H3,(H,17,18)/b11-10+. The van der Waals surface area contributed by atoms with E-state index in [1.54, 1.807) is 0 Å². The molecular weight excluding hydrogens is 288 g/mol. The molecule has 6 heteroatoms. The molecule has 0 aromatic carbocycles. The number of carboxylic acid groups (broad SMARTS) is 1. The van der Waals surface area contributed by atoms with Gasteiger partial charge in [-0.05, 0) is 33.6 Å². The maximum absolute atomic E-state index is 11.1. The highest BCUT2D eigenvalue weighted by atomic mass is 17.2. The summed E-state index contributed by atoms with van der Waals surface area (Å²) in [5, 5.41) is 8.34. The molecule has 0 aromatic rings. The molecule has 0 atom stereocenters. The molecule has 1 N–H and O–H groups in total. The number of carboxylic acids is 1. The van der Waals surface area contributed by atoms with Crippen LogP contribution >= 0.6 is 0 Å². The maximum atomic E-state index is 11.1. The first-order chi connectivity index (χ1) is 10.3. The van der Waals surface area contributed by atoms with Crippen LogP contribution in [0, 0.1) is 0 Å². The highest BCUT2D eigenvalue weighted by Crippen LogP contribution is 2.09. The quantitative estimate of drug-likeness (QED) is 0.196. The van der Waals surface area contributed by atoms with Crippen molar-refractivity contribution in [3.63, 3.8) is 0 Å². The highest BCUT2D eigenvalue weighted by molar-refractivity contribution is 5.90. The van der Waals surface area contributed by atoms with E-state index in [0.29, 0.717) is 13.2 Å². The normalized spacial score (nSPS) is 11.8. The van der Waals surface area contributed by atoms with Gasteiger partial charge in [-0.25, -0.2) is 19.4 Å². The molecule has 0 aliphatic heterocycles. The summed E-state index contributed by atoms with van der Waals surface area (Å²) in [6.45, 7) is 6.75. The highest BCUT2D eigenvalue weighted by Gasteiger charge is 2.10. The Morgan fingerprint density at radius 1 is 0.909 bits per heavy atom. The number of esters is 1. The van der Waals surface area contributed by atoms with E-state index in [4.69, 9.17) is 19.6 Å². The average Bonchev–Trinajstić information content (AvgIpc) is 2.41. The molecular formula is C16H28O6. The molecule has 0 radical (unpaired) electrons. The lowest BCUT2D eigenvalue weighted by molar-refractivity contribution is -0.348. The first-order valence-electron chi connectivity index (χ1n) is 7.69. The van der Waals surface area contributed by atoms with Crippen LogP contribution in [-0.2, 0) is 24.1 Å². The summed E-state index contributed by atoms with van der Waals surface area (Å²) < 4.78 is 4.86. The summed E-state index contributed by atoms with van der Waals surface area (Å²) in [6, 6.07) is 0. The van der Waals surface area contributed by atoms with Gasteiger partial charge in [0, 0.05) is 12.2 Å². The van der Waals surface area contributed by atoms with Gasteiger partial charge in [-0.15, -0.1) is 0 Å². The fraction of sp³-hybridized carbons (Fsp3) is 0.750. The van der Waals surface area contributed by atoms with Crippen LogP contribution in [0.5, 0.6) is 0 Å². The van der Waals surface area contributed by atoms with Gasteiger partial charge in [-0.1, -0.05) is 25.7 Å². The number of hydrogen-bond acceptors (Lipinski definition) is 5. The third kappa shape index (κ3) is 16.7. The van der Waals surface area contributed by atoms with E-state index in [1.807, 2.05) is 20.8 Å². The Bertz CT molecular complexity index is 343. The summed E-state index contributed by atoms with van der Waals surface area (Å²) in [5.41, 5.74) is -0.267. The van der Waals surface area contributed by atoms with E-state index >= 15 is 0 Å². The van der Waals surface area contributed by atoms with Crippen molar-refractivity contribution in [3.8, 4) is 0 Å². The van der Waals surface area contributed by atoms with Crippen LogP contribution in [0.1, 0.15) is 59.3 Å². The summed E-state index contributed by atoms with van der Waals surface area (Å²) >= 11 is 0. The van der Waals surface area contributed by atoms with Gasteiger partial charge in [-0.3, -0.25) is 0 Å². The van der Waals surface area contributed by atoms with E-state index in [2.05, 4.69) is 0 Å². The van der Waals surface area contributed by atoms with Crippen molar-refractivity contribution in [3.05, 3.63) is 12.2 Å². The molecule has 128 valence electrons. The molecule has 0 aliphatic rings. The first kappa shape index (κ1) is 20.6. The van der Waals surface area contributed by atoms with E-state index in [9.17, 15) is 9.59 Å². The van der Waals surface area contributed by atoms with E-state index in [1.165, 1.54) is 0 Å². The van der Waals surface area contributed by atoms with Crippen molar-refractivity contribution in [1.29, 1.82) is 0 Å². The minimum absolute atomic E-state index is 0.267. The summed E-state index contributed by atoms with van der Waals surface area (Å²) in [4.78, 5) is 31.5. The Kier molecular flexibility index (Phi) is 11.4. The lowest BCUT2D eigenvalue weighted by atomic mass is 10.1. The van der Waals surface area contributed by atoms with Gasteiger partial charge in [-0.2, -0.15) is 0 Å². The van der Waals surface area contributed by atoms with Crippen LogP contribution in [-0.4, -0.2) is 35.9 Å². The van der Waals surface area contributed by atoms with Crippen LogP contribution in [0.15, 0.2) is 12.2 Å². The van der Waals surface area contributed by atoms with Crippen LogP contribution in [0.2, 0.25) is 0 Å². The Labute approximate surface area is 132 Å². The number of aliphatic carboxylic acids is 1. The minimum atomic E-state index is -1.16. The van der Waals surface area contributed by atoms with Crippen LogP contribution in [0.3, 0.4) is 0 Å². The number of carbonyl (C=O) groups is 2. The van der Waals surface area contributed by atoms with Gasteiger partial charge in [0.1, 0.15) is 0 Å². The number of unbranched alkanes of at least 4 members (excludes halogenated alkanes) is 5. The fourth-order valence-electron chi connectivity index (χ4n) is 1.55. The molecule has 0 amide bonds. The molecule has 0 heterocycles. The third-order valence-electron chi connectivity index (χ3n) is 2.54. The van der Waals surface area contributed by atoms with Crippen molar-refractivity contribution in [2.75, 3.05) is 13.2 Å². The average molecular weight is 316 g/mol. The number of ether oxygens (including phenoxy) is 1. The number of carbonyl (C=O) groups excluding carboxylic acids is 1. The Hall–Kier alpha value is -1.40. The van der Waals surface area contributed by atoms with Gasteiger partial charge >= 0.3 is 11.9 Å². The van der Waals surface area contributed by atoms with Crippen LogP contribution in [0.4, 0.5) is 0 Å². The van der Waals surface area contributed by atoms with Crippen LogP contribution in [0.25, 0.3) is 0 Å². The summed E-state index contributed by atoms with van der Waals surface area (Å²) in [5.74, 6) is -1.77. The van der Waals surface area contributed by atoms with Crippen molar-refractivity contribution in [2.45, 2.75) is 64.9 Å². The smallest absolute Gasteiger partial charge is 0.331 e. The molecule has 0 saturated heterocycles. The van der Waals surface area contributed by atoms with Gasteiger partial charge < -0.3 is 9.84 Å². The predicted octanol–water partition coefficient (Wildman–Crippen LogP) is 3.26. The third-order valence-corrected chi connectivity index (χ3v) is 2.54. The Morgan fingerprint density at radius 3 is 2.00 bits per heavy atom. The van der Waals surface area contributed by atoms with Crippen molar-refractivity contribution < 1.29 is 29.2 Å². The van der Waals surface area contributed by atoms with E-state index in [0.717, 1.165) is 50.7 Å². The minimum Gasteiger partial charge on any atom is -0.478 e. The SMILES string of the molecule is CC(C)(C)OOCCCCCCCCOC(=O)/C=C/C(=O)O. The molecule has 0 aliphatic carbocycles. The molecule has 22 heavy (non-hydrogen) atoms. The zero-order chi connectivity index (χ0) is 16.8. The Balaban J connectivity index is 3.27. The molecule has 0 rings (SSSR count). The molecule has 0 aromatic heterocycles. The van der Waals surface area contributed by atoms with Crippen molar-refractivity contribution >= 4 is 11.9 Å². The lowest BCUT2D eigenvalue weighted by Gasteiger charge is -2.17.